The molecule has 0 aliphatic rings. The van der Waals surface area contributed by atoms with Gasteiger partial charge in [0.2, 0.25) is 0 Å². The summed E-state index contributed by atoms with van der Waals surface area (Å²) in [5.41, 5.74) is -0.181. The number of aromatic nitrogens is 6. The number of carbonyl (C=O) groups excluding carboxylic acids is 6. The molecule has 0 atom stereocenters. The van der Waals surface area contributed by atoms with Crippen LogP contribution in [0.25, 0.3) is 0 Å². The van der Waals surface area contributed by atoms with Gasteiger partial charge in [-0.15, -0.1) is 0 Å². The minimum absolute atomic E-state index is 0. The van der Waals surface area contributed by atoms with Gasteiger partial charge in [-0.3, -0.25) is 29.9 Å². The topological polar surface area (TPSA) is 318 Å². The summed E-state index contributed by atoms with van der Waals surface area (Å²) in [4.78, 5) is 82.8. The molecule has 6 aromatic heterocycles. The van der Waals surface area contributed by atoms with Crippen molar-refractivity contribution in [3.05, 3.63) is 143 Å². The van der Waals surface area contributed by atoms with Crippen molar-refractivity contribution in [3.8, 4) is 0 Å². The number of carbonyl (C=O) groups is 6. The predicted octanol–water partition coefficient (Wildman–Crippen LogP) is -3.91. The average Bonchev–Trinajstić information content (AvgIpc) is 3.19. The molecule has 0 aliphatic heterocycles. The Kier molecular flexibility index (Phi) is 45.0. The van der Waals surface area contributed by atoms with Crippen LogP contribution in [0.4, 0.5) is 0 Å². The van der Waals surface area contributed by atoms with Gasteiger partial charge in [0.25, 0.3) is 0 Å². The van der Waals surface area contributed by atoms with Crippen molar-refractivity contribution in [2.45, 2.75) is 30.2 Å². The summed E-state index contributed by atoms with van der Waals surface area (Å²) in [7, 11) is 0. The van der Waals surface area contributed by atoms with Crippen molar-refractivity contribution in [1.29, 1.82) is 0 Å². The Balaban J connectivity index is -0.000000161. The fourth-order valence-electron chi connectivity index (χ4n) is 3.28. The molecule has 0 amide bonds. The van der Waals surface area contributed by atoms with Crippen LogP contribution in [0.1, 0.15) is 62.1 Å². The van der Waals surface area contributed by atoms with Crippen molar-refractivity contribution in [3.63, 3.8) is 0 Å². The normalized spacial score (nSPS) is 8.36. The summed E-state index contributed by atoms with van der Waals surface area (Å²) in [6.45, 7) is 0. The van der Waals surface area contributed by atoms with Gasteiger partial charge in [0.05, 0.1) is 35.8 Å². The second kappa shape index (κ2) is 40.2. The number of hydrogen-bond acceptors (Lipinski definition) is 24. The van der Waals surface area contributed by atoms with Gasteiger partial charge < -0.3 is 135 Å². The van der Waals surface area contributed by atoms with Crippen LogP contribution in [0.15, 0.2) is 140 Å². The summed E-state index contributed by atoms with van der Waals surface area (Å²) in [6.07, 6.45) is 8.64. The van der Waals surface area contributed by atoms with Crippen LogP contribution in [-0.2, 0) is 178 Å². The Bertz CT molecular complexity index is 2030. The molecule has 18 nitrogen and oxygen atoms in total. The van der Waals surface area contributed by atoms with Crippen molar-refractivity contribution in [1.82, 2.24) is 29.9 Å². The Morgan fingerprint density at radius 1 is 0.273 bits per heavy atom. The number of aromatic carboxylic acids is 6. The second-order valence-corrected chi connectivity index (χ2v) is 12.2. The van der Waals surface area contributed by atoms with Crippen LogP contribution in [-0.4, -0.2) is 65.7 Å². The monoisotopic (exact) mass is 1300 g/mol. The molecule has 6 radical (unpaired) electrons. The molecule has 0 spiro atoms. The number of rotatable bonds is 6. The molecule has 6 aromatic rings. The van der Waals surface area contributed by atoms with Crippen LogP contribution in [0.3, 0.4) is 0 Å². The second-order valence-electron chi connectivity index (χ2n) is 9.86. The molecule has 0 saturated heterocycles. The summed E-state index contributed by atoms with van der Waals surface area (Å²) in [5, 5.41) is 61.7. The van der Waals surface area contributed by atoms with Gasteiger partial charge in [0, 0.05) is 37.2 Å². The molecule has 0 aliphatic carbocycles. The molecule has 66 heavy (non-hydrogen) atoms. The number of carboxylic acid groups (broad SMARTS) is 6. The molecule has 0 saturated carbocycles. The average molecular weight is 1300 g/mol. The van der Waals surface area contributed by atoms with E-state index in [1.54, 1.807) is 0 Å². The van der Waals surface area contributed by atoms with Crippen LogP contribution in [0.2, 0.25) is 0 Å². The maximum absolute atomic E-state index is 10.2. The predicted molar refractivity (Wildman–Crippen MR) is 205 cm³/mol. The van der Waals surface area contributed by atoms with Crippen LogP contribution < -0.4 is 30.6 Å². The zero-order chi connectivity index (χ0) is 45.4. The first-order valence-corrected chi connectivity index (χ1v) is 17.7. The summed E-state index contributed by atoms with van der Waals surface area (Å²) < 4.78 is 0. The van der Waals surface area contributed by atoms with E-state index >= 15 is 0 Å². The van der Waals surface area contributed by atoms with Crippen molar-refractivity contribution in [2.75, 3.05) is 0 Å². The number of pyridine rings is 6. The molecule has 6 rings (SSSR count). The fraction of sp³-hybridized carbons (Fsp3) is 0. The Morgan fingerprint density at radius 3 is 0.439 bits per heavy atom. The first-order valence-electron chi connectivity index (χ1n) is 15.3. The van der Waals surface area contributed by atoms with E-state index in [0.29, 0.717) is 0 Å². The molecule has 0 N–H and O–H groups in total. The third-order valence-corrected chi connectivity index (χ3v) is 7.90. The summed E-state index contributed by atoms with van der Waals surface area (Å²) in [5.74, 6) is -7.68. The van der Waals surface area contributed by atoms with Gasteiger partial charge in [0.1, 0.15) is 0 Å². The number of carboxylic acids is 6. The van der Waals surface area contributed by atoms with Gasteiger partial charge in [-0.05, 0) is 69.8 Å². The van der Waals surface area contributed by atoms with Crippen molar-refractivity contribution >= 4 is 112 Å². The summed E-state index contributed by atoms with van der Waals surface area (Å²) >= 11 is 27.6. The molecule has 366 valence electrons. The van der Waals surface area contributed by atoms with E-state index in [1.165, 1.54) is 110 Å². The van der Waals surface area contributed by atoms with Gasteiger partial charge in [-0.25, -0.2) is 0 Å². The zero-order valence-corrected chi connectivity index (χ0v) is 41.8. The standard InChI is InChI=1S/6C6H5NO2S.6Cu/c6*8-6(9)4-2-1-3-7-5(4)10;;;;;;/h6*1-3H,(H,7,10)(H,8,9);;;;;;/q;;;;;;6*+2/p-12. The van der Waals surface area contributed by atoms with Crippen LogP contribution in [0, 0.1) is 0 Å². The van der Waals surface area contributed by atoms with E-state index in [2.05, 4.69) is 106 Å². The maximum atomic E-state index is 10.2. The molecule has 0 aromatic carbocycles. The number of hydrogen-bond donors (Lipinski definition) is 0. The Labute approximate surface area is 471 Å². The van der Waals surface area contributed by atoms with E-state index in [0.717, 1.165) is 0 Å². The van der Waals surface area contributed by atoms with Gasteiger partial charge >= 0.3 is 102 Å². The zero-order valence-electron chi connectivity index (χ0n) is 31.2. The van der Waals surface area contributed by atoms with Gasteiger partial charge in [0.15, 0.2) is 0 Å². The molecular weight excluding hydrogens is 1280 g/mol. The van der Waals surface area contributed by atoms with E-state index in [9.17, 15) is 59.4 Å². The quantitative estimate of drug-likeness (QED) is 0.114. The first kappa shape index (κ1) is 73.7. The molecule has 30 heteroatoms. The summed E-state index contributed by atoms with van der Waals surface area (Å²) in [6, 6.07) is 17.2. The van der Waals surface area contributed by atoms with Crippen molar-refractivity contribution in [2.24, 2.45) is 0 Å². The third kappa shape index (κ3) is 28.4. The van der Waals surface area contributed by atoms with E-state index in [4.69, 9.17) is 0 Å². The van der Waals surface area contributed by atoms with Crippen molar-refractivity contribution < 1.29 is 162 Å². The molecule has 0 fully saturated rings. The van der Waals surface area contributed by atoms with E-state index < -0.39 is 35.8 Å². The molecule has 0 bridgehead atoms. The number of nitrogens with zero attached hydrogens (tertiary/aromatic N) is 6. The van der Waals surface area contributed by atoms with Gasteiger partial charge in [-0.2, -0.15) is 0 Å². The SMILES string of the molecule is O=C([O-])c1cccnc1[S-].O=C([O-])c1cccnc1[S-].O=C([O-])c1cccnc1[S-].O=C([O-])c1cccnc1[S-].O=C([O-])c1cccnc1[S-].O=C([O-])c1cccnc1[S-].[Cu+2].[Cu+2].[Cu+2].[Cu+2].[Cu+2].[Cu+2]. The largest absolute Gasteiger partial charge is 2.00 e. The smallest absolute Gasteiger partial charge is 0.760 e. The Hall–Kier alpha value is -3.84. The fourth-order valence-corrected chi connectivity index (χ4v) is 4.55. The Morgan fingerprint density at radius 2 is 0.379 bits per heavy atom. The minimum atomic E-state index is -1.28. The van der Waals surface area contributed by atoms with E-state index in [-0.39, 0.29) is 166 Å². The third-order valence-electron chi connectivity index (χ3n) is 5.95. The van der Waals surface area contributed by atoms with E-state index in [1.807, 2.05) is 0 Å². The minimum Gasteiger partial charge on any atom is -0.760 e. The molecule has 0 unspecified atom stereocenters. The van der Waals surface area contributed by atoms with Crippen LogP contribution in [0.5, 0.6) is 0 Å². The molecular formula is C36H18Cu6N6O12S6. The van der Waals surface area contributed by atoms with Crippen LogP contribution >= 0.6 is 0 Å². The maximum Gasteiger partial charge on any atom is 2.00 e. The molecule has 6 heterocycles. The van der Waals surface area contributed by atoms with Gasteiger partial charge in [-0.1, -0.05) is 66.6 Å². The first-order chi connectivity index (χ1) is 28.3.